The number of nitrogens with one attached hydrogen (secondary N) is 3. The molecule has 0 saturated carbocycles. The molecule has 3 N–H and O–H groups in total. The molecule has 1 aliphatic heterocycles. The van der Waals surface area contributed by atoms with E-state index in [0.29, 0.717) is 6.54 Å². The van der Waals surface area contributed by atoms with Gasteiger partial charge in [0.25, 0.3) is 0 Å². The fraction of sp³-hybridized carbons (Fsp3) is 0.364. The molecule has 0 unspecified atom stereocenters. The van der Waals surface area contributed by atoms with Crippen molar-refractivity contribution in [3.05, 3.63) is 59.7 Å². The van der Waals surface area contributed by atoms with E-state index in [1.165, 1.54) is 25.0 Å². The van der Waals surface area contributed by atoms with Gasteiger partial charge < -0.3 is 20.5 Å². The zero-order valence-electron chi connectivity index (χ0n) is 16.7. The number of aromatic amines is 1. The Morgan fingerprint density at radius 1 is 1.21 bits per heavy atom. The van der Waals surface area contributed by atoms with Crippen LogP contribution >= 0.6 is 0 Å². The molecule has 0 bridgehead atoms. The van der Waals surface area contributed by atoms with Crippen LogP contribution in [0.15, 0.2) is 47.7 Å². The number of hydrogen-bond donors (Lipinski definition) is 3. The molecule has 0 aliphatic carbocycles. The molecular formula is C22H27FN6. The number of aromatic nitrogens is 2. The molecule has 1 aliphatic rings. The van der Waals surface area contributed by atoms with E-state index in [4.69, 9.17) is 0 Å². The lowest BCUT2D eigenvalue weighted by Crippen LogP contribution is -2.37. The topological polar surface area (TPSA) is 68.3 Å². The zero-order chi connectivity index (χ0) is 20.1. The Balaban J connectivity index is 1.26. The van der Waals surface area contributed by atoms with Crippen molar-refractivity contribution in [1.82, 2.24) is 20.6 Å². The van der Waals surface area contributed by atoms with Crippen molar-refractivity contribution in [1.29, 1.82) is 0 Å². The van der Waals surface area contributed by atoms with Crippen LogP contribution in [0, 0.1) is 5.82 Å². The van der Waals surface area contributed by atoms with Crippen molar-refractivity contribution in [2.24, 2.45) is 4.99 Å². The Morgan fingerprint density at radius 2 is 2.07 bits per heavy atom. The molecule has 0 spiro atoms. The van der Waals surface area contributed by atoms with Gasteiger partial charge >= 0.3 is 0 Å². The smallest absolute Gasteiger partial charge is 0.191 e. The van der Waals surface area contributed by atoms with Gasteiger partial charge in [-0.2, -0.15) is 0 Å². The van der Waals surface area contributed by atoms with Crippen LogP contribution in [0.5, 0.6) is 0 Å². The van der Waals surface area contributed by atoms with E-state index in [1.54, 1.807) is 7.05 Å². The van der Waals surface area contributed by atoms with Gasteiger partial charge in [-0.1, -0.05) is 6.07 Å². The lowest BCUT2D eigenvalue weighted by Gasteiger charge is -2.16. The summed E-state index contributed by atoms with van der Waals surface area (Å²) in [6.07, 6.45) is 7.19. The number of nitrogens with zero attached hydrogens (tertiary/aromatic N) is 3. The predicted molar refractivity (Wildman–Crippen MR) is 116 cm³/mol. The third-order valence-corrected chi connectivity index (χ3v) is 5.34. The summed E-state index contributed by atoms with van der Waals surface area (Å²) in [5.41, 5.74) is 3.10. The lowest BCUT2D eigenvalue weighted by atomic mass is 10.1. The van der Waals surface area contributed by atoms with Gasteiger partial charge in [0, 0.05) is 56.5 Å². The van der Waals surface area contributed by atoms with Crippen LogP contribution < -0.4 is 15.5 Å². The Kier molecular flexibility index (Phi) is 5.93. The first-order valence-electron chi connectivity index (χ1n) is 10.1. The summed E-state index contributed by atoms with van der Waals surface area (Å²) in [5, 5.41) is 7.72. The number of halogens is 1. The number of guanidine groups is 1. The third-order valence-electron chi connectivity index (χ3n) is 5.34. The summed E-state index contributed by atoms with van der Waals surface area (Å²) in [6, 6.07) is 9.05. The number of H-pyrrole nitrogens is 1. The molecular weight excluding hydrogens is 367 g/mol. The Labute approximate surface area is 170 Å². The molecule has 29 heavy (non-hydrogen) atoms. The summed E-state index contributed by atoms with van der Waals surface area (Å²) in [7, 11) is 1.76. The molecule has 1 aromatic carbocycles. The number of pyridine rings is 1. The summed E-state index contributed by atoms with van der Waals surface area (Å²) in [5.74, 6) is 1.59. The molecule has 3 heterocycles. The molecule has 3 aromatic rings. The Bertz CT molecular complexity index is 973. The molecule has 1 saturated heterocycles. The second-order valence-corrected chi connectivity index (χ2v) is 7.33. The summed E-state index contributed by atoms with van der Waals surface area (Å²) in [4.78, 5) is 14.3. The van der Waals surface area contributed by atoms with Crippen molar-refractivity contribution in [3.63, 3.8) is 0 Å². The fourth-order valence-electron chi connectivity index (χ4n) is 3.74. The predicted octanol–water partition coefficient (Wildman–Crippen LogP) is 3.21. The van der Waals surface area contributed by atoms with E-state index >= 15 is 0 Å². The number of anilines is 1. The monoisotopic (exact) mass is 394 g/mol. The van der Waals surface area contributed by atoms with Gasteiger partial charge in [-0.3, -0.25) is 4.99 Å². The van der Waals surface area contributed by atoms with E-state index in [0.717, 1.165) is 59.9 Å². The van der Waals surface area contributed by atoms with Crippen LogP contribution in [0.2, 0.25) is 0 Å². The van der Waals surface area contributed by atoms with Gasteiger partial charge in [0.2, 0.25) is 0 Å². The standard InChI is InChI=1S/C22H27FN6/c1-24-22(25-9-8-17-15-26-20-12-18(23)5-6-19(17)20)28-14-16-4-7-21(27-13-16)29-10-2-3-11-29/h4-7,12-13,15,26H,2-3,8-11,14H2,1H3,(H2,24,25,28). The Morgan fingerprint density at radius 3 is 2.83 bits per heavy atom. The van der Waals surface area contributed by atoms with Gasteiger partial charge in [0.1, 0.15) is 11.6 Å². The highest BCUT2D eigenvalue weighted by molar-refractivity contribution is 5.83. The average molecular weight is 394 g/mol. The fourth-order valence-corrected chi connectivity index (χ4v) is 3.74. The van der Waals surface area contributed by atoms with Crippen LogP contribution in [0.25, 0.3) is 10.9 Å². The van der Waals surface area contributed by atoms with Crippen molar-refractivity contribution >= 4 is 22.7 Å². The number of benzene rings is 1. The first kappa shape index (κ1) is 19.2. The second-order valence-electron chi connectivity index (χ2n) is 7.33. The highest BCUT2D eigenvalue weighted by Gasteiger charge is 2.13. The van der Waals surface area contributed by atoms with E-state index in [2.05, 4.69) is 42.6 Å². The minimum atomic E-state index is -0.225. The van der Waals surface area contributed by atoms with E-state index in [9.17, 15) is 4.39 Å². The van der Waals surface area contributed by atoms with Gasteiger partial charge in [-0.15, -0.1) is 0 Å². The molecule has 4 rings (SSSR count). The molecule has 2 aromatic heterocycles. The van der Waals surface area contributed by atoms with E-state index in [1.807, 2.05) is 18.5 Å². The van der Waals surface area contributed by atoms with E-state index in [-0.39, 0.29) is 5.82 Å². The molecule has 6 nitrogen and oxygen atoms in total. The first-order valence-corrected chi connectivity index (χ1v) is 10.1. The largest absolute Gasteiger partial charge is 0.361 e. The maximum Gasteiger partial charge on any atom is 0.191 e. The van der Waals surface area contributed by atoms with Crippen molar-refractivity contribution < 1.29 is 4.39 Å². The van der Waals surface area contributed by atoms with Crippen LogP contribution in [0.4, 0.5) is 10.2 Å². The van der Waals surface area contributed by atoms with Gasteiger partial charge in [-0.05, 0) is 54.7 Å². The summed E-state index contributed by atoms with van der Waals surface area (Å²) < 4.78 is 13.3. The summed E-state index contributed by atoms with van der Waals surface area (Å²) in [6.45, 7) is 3.61. The van der Waals surface area contributed by atoms with Crippen molar-refractivity contribution in [2.45, 2.75) is 25.8 Å². The highest BCUT2D eigenvalue weighted by atomic mass is 19.1. The van der Waals surface area contributed by atoms with Crippen molar-refractivity contribution in [2.75, 3.05) is 31.6 Å². The zero-order valence-corrected chi connectivity index (χ0v) is 16.7. The molecule has 7 heteroatoms. The number of rotatable bonds is 6. The van der Waals surface area contributed by atoms with Crippen LogP contribution in [-0.4, -0.2) is 42.6 Å². The minimum Gasteiger partial charge on any atom is -0.361 e. The van der Waals surface area contributed by atoms with Crippen molar-refractivity contribution in [3.8, 4) is 0 Å². The third kappa shape index (κ3) is 4.67. The normalized spacial score (nSPS) is 14.6. The lowest BCUT2D eigenvalue weighted by molar-refractivity contribution is 0.629. The minimum absolute atomic E-state index is 0.225. The average Bonchev–Trinajstić information content (AvgIpc) is 3.41. The highest BCUT2D eigenvalue weighted by Crippen LogP contribution is 2.19. The Hall–Kier alpha value is -3.09. The first-order chi connectivity index (χ1) is 14.2. The molecule has 0 amide bonds. The molecule has 0 radical (unpaired) electrons. The second kappa shape index (κ2) is 8.94. The van der Waals surface area contributed by atoms with Crippen LogP contribution in [0.3, 0.4) is 0 Å². The number of aliphatic imine (C=N–C) groups is 1. The van der Waals surface area contributed by atoms with Crippen LogP contribution in [-0.2, 0) is 13.0 Å². The maximum atomic E-state index is 13.3. The SMILES string of the molecule is CN=C(NCCc1c[nH]c2cc(F)ccc12)NCc1ccc(N2CCCC2)nc1. The summed E-state index contributed by atoms with van der Waals surface area (Å²) >= 11 is 0. The maximum absolute atomic E-state index is 13.3. The van der Waals surface area contributed by atoms with Gasteiger partial charge in [-0.25, -0.2) is 9.37 Å². The number of fused-ring (bicyclic) bond motifs is 1. The number of hydrogen-bond acceptors (Lipinski definition) is 3. The quantitative estimate of drug-likeness (QED) is 0.444. The van der Waals surface area contributed by atoms with E-state index < -0.39 is 0 Å². The van der Waals surface area contributed by atoms with Crippen LogP contribution in [0.1, 0.15) is 24.0 Å². The van der Waals surface area contributed by atoms with Gasteiger partial charge in [0.05, 0.1) is 0 Å². The van der Waals surface area contributed by atoms with Gasteiger partial charge in [0.15, 0.2) is 5.96 Å². The molecule has 0 atom stereocenters. The molecule has 152 valence electrons. The molecule has 1 fully saturated rings.